The maximum absolute atomic E-state index is 13.1. The second-order valence-electron chi connectivity index (χ2n) is 20.6. The predicted octanol–water partition coefficient (Wildman–Crippen LogP) is 12.0. The molecular weight excluding hydrogens is 1200 g/mol. The first kappa shape index (κ1) is 80.6. The molecule has 4 aromatic carbocycles. The van der Waals surface area contributed by atoms with Gasteiger partial charge in [0.05, 0.1) is 30.8 Å². The van der Waals surface area contributed by atoms with Crippen LogP contribution in [0, 0.1) is 27.7 Å². The Hall–Kier alpha value is -6.44. The van der Waals surface area contributed by atoms with Crippen LogP contribution in [0.3, 0.4) is 0 Å². The summed E-state index contributed by atoms with van der Waals surface area (Å²) in [6, 6.07) is 29.0. The van der Waals surface area contributed by atoms with Crippen LogP contribution < -0.4 is 29.6 Å². The third-order valence-corrected chi connectivity index (χ3v) is 15.6. The quantitative estimate of drug-likeness (QED) is 0.0342. The molecule has 2 aromatic heterocycles. The van der Waals surface area contributed by atoms with Gasteiger partial charge in [-0.15, -0.1) is 0 Å². The van der Waals surface area contributed by atoms with Crippen molar-refractivity contribution in [2.45, 2.75) is 148 Å². The van der Waals surface area contributed by atoms with Crippen LogP contribution in [0.1, 0.15) is 127 Å². The van der Waals surface area contributed by atoms with Gasteiger partial charge in [0.2, 0.25) is 0 Å². The molecule has 0 unspecified atom stereocenters. The van der Waals surface area contributed by atoms with Gasteiger partial charge in [0.15, 0.2) is 0 Å². The Kier molecular flexibility index (Phi) is 29.4. The Labute approximate surface area is 531 Å². The van der Waals surface area contributed by atoms with E-state index in [-0.39, 0.29) is 82.6 Å². The first-order valence-electron chi connectivity index (χ1n) is 27.3. The van der Waals surface area contributed by atoms with Gasteiger partial charge in [-0.2, -0.15) is 52.7 Å². The zero-order chi connectivity index (χ0) is 65.0. The van der Waals surface area contributed by atoms with E-state index in [0.717, 1.165) is 62.9 Å². The number of benzene rings is 4. The van der Waals surface area contributed by atoms with Crippen LogP contribution in [0.4, 0.5) is 52.7 Å². The van der Waals surface area contributed by atoms with Crippen molar-refractivity contribution in [3.63, 3.8) is 0 Å². The molecule has 0 amide bonds. The Bertz CT molecular complexity index is 3310. The summed E-state index contributed by atoms with van der Waals surface area (Å²) in [6.45, 7) is 17.2. The van der Waals surface area contributed by atoms with Crippen molar-refractivity contribution < 1.29 is 128 Å². The molecule has 11 nitrogen and oxygen atoms in total. The molecule has 0 fully saturated rings. The number of rotatable bonds is 19. The summed E-state index contributed by atoms with van der Waals surface area (Å²) < 4.78 is 162. The summed E-state index contributed by atoms with van der Waals surface area (Å²) in [5, 5.41) is 34.9. The number of aryl methyl sites for hydroxylation is 4. The van der Waals surface area contributed by atoms with Crippen molar-refractivity contribution in [1.82, 2.24) is 9.97 Å². The van der Waals surface area contributed by atoms with E-state index in [4.69, 9.17) is 14.9 Å². The van der Waals surface area contributed by atoms with Crippen LogP contribution in [0.2, 0.25) is 0 Å². The molecule has 482 valence electrons. The van der Waals surface area contributed by atoms with Crippen molar-refractivity contribution in [3.05, 3.63) is 188 Å². The molecule has 7 N–H and O–H groups in total. The number of pyridine rings is 2. The van der Waals surface area contributed by atoms with E-state index in [1.54, 1.807) is 63.4 Å². The number of hydrogen-bond donors (Lipinski definition) is 4. The fourth-order valence-electron chi connectivity index (χ4n) is 10.3. The van der Waals surface area contributed by atoms with Gasteiger partial charge in [0.1, 0.15) is 0 Å². The average molecular weight is 1280 g/mol. The van der Waals surface area contributed by atoms with Gasteiger partial charge in [-0.1, -0.05) is 125 Å². The summed E-state index contributed by atoms with van der Waals surface area (Å²) in [4.78, 5) is 31.6. The molecular formula is C65H73F12N2NaO9. The molecule has 6 aromatic rings. The first-order valence-corrected chi connectivity index (χ1v) is 27.3. The van der Waals surface area contributed by atoms with E-state index >= 15 is 0 Å². The van der Waals surface area contributed by atoms with Crippen LogP contribution >= 0.6 is 0 Å². The number of halogens is 12. The topological polar surface area (TPSA) is 212 Å². The zero-order valence-corrected chi connectivity index (χ0v) is 53.0. The molecule has 89 heavy (non-hydrogen) atoms. The first-order chi connectivity index (χ1) is 40.0. The maximum atomic E-state index is 13.1. The van der Waals surface area contributed by atoms with Crippen LogP contribution in [0.15, 0.2) is 122 Å². The Balaban J connectivity index is 0.000000839. The number of aliphatic hydroxyl groups is 3. The summed E-state index contributed by atoms with van der Waals surface area (Å²) in [5.41, 5.74) is 0.382. The molecule has 0 atom stereocenters. The van der Waals surface area contributed by atoms with E-state index in [1.165, 1.54) is 18.3 Å². The third-order valence-electron chi connectivity index (χ3n) is 15.6. The number of ether oxygens (including phenoxy) is 1. The number of carboxylic acids is 1. The smallest absolute Gasteiger partial charge is 0.870 e. The molecule has 0 radical (unpaired) electrons. The normalized spacial score (nSPS) is 12.4. The minimum Gasteiger partial charge on any atom is -0.870 e. The van der Waals surface area contributed by atoms with Crippen molar-refractivity contribution >= 4 is 24.1 Å². The van der Waals surface area contributed by atoms with Crippen LogP contribution in [-0.2, 0) is 38.0 Å². The standard InChI is InChI=1S/C33H35F6NO3.C31H31F6NO3.CH4O.Na.2H2O/c1-6-30(7-2,25-11-10-24(21(4)17-25)15-16-31(42,32(34,35)36)33(37,38)39)26-12-13-27(22(5)18-26)28-14-9-23(20-40-28)19-29(41)43-8-3;1-5-28(6-2,24-10-11-25(20(4)16-24)26-12-7-21(18-38-26)17-27(39)40)23-9-8-22(19(3)15-23)13-14-29(41,30(32,33)34)31(35,36)37;1-2;;;/h9-18,20,42H,6-8,19H2,1-5H3;7-16,18,41H,5-6,17H2,1-4H3,(H,39,40);2H,1H3;;2*1H2/q;;;+1;;/p-1/b16-15+;14-13+;;;;. The SMILES string of the molecule is CCC(CC)(c1ccc(/C=C/C(O)(C(F)(F)F)C(F)(F)F)c(C)c1)c1ccc(-c2ccc(CC(=O)O)cn2)c(C)c1.CCOC(=O)Cc1ccc(-c2ccc(C(CC)(CC)c3ccc(/C=C/C(O)(C(F)(F)F)C(F)(F)F)c(C)c3)cc2C)nc1.CO.O.[Na+].[OH-]. The van der Waals surface area contributed by atoms with Crippen LogP contribution in [-0.4, -0.2) is 103 Å². The Morgan fingerprint density at radius 3 is 1.03 bits per heavy atom. The molecule has 2 heterocycles. The van der Waals surface area contributed by atoms with Crippen LogP contribution in [0.5, 0.6) is 0 Å². The Morgan fingerprint density at radius 1 is 0.483 bits per heavy atom. The molecule has 24 heteroatoms. The summed E-state index contributed by atoms with van der Waals surface area (Å²) >= 11 is 0. The molecule has 0 spiro atoms. The molecule has 0 saturated carbocycles. The number of esters is 1. The largest absolute Gasteiger partial charge is 1.00 e. The fourth-order valence-corrected chi connectivity index (χ4v) is 10.3. The van der Waals surface area contributed by atoms with Crippen molar-refractivity contribution in [2.24, 2.45) is 0 Å². The number of carbonyl (C=O) groups excluding carboxylic acids is 1. The van der Waals surface area contributed by atoms with Gasteiger partial charge in [0.25, 0.3) is 11.2 Å². The van der Waals surface area contributed by atoms with Crippen molar-refractivity contribution in [3.8, 4) is 22.5 Å². The van der Waals surface area contributed by atoms with E-state index in [0.29, 0.717) is 66.8 Å². The number of carbonyl (C=O) groups is 2. The number of alkyl halides is 12. The molecule has 0 saturated heterocycles. The number of aliphatic hydroxyl groups excluding tert-OH is 1. The molecule has 0 aliphatic carbocycles. The van der Waals surface area contributed by atoms with E-state index in [9.17, 15) is 72.5 Å². The monoisotopic (exact) mass is 1280 g/mol. The molecule has 6 rings (SSSR count). The van der Waals surface area contributed by atoms with Gasteiger partial charge in [0, 0.05) is 41.5 Å². The molecule has 0 bridgehead atoms. The van der Waals surface area contributed by atoms with Crippen molar-refractivity contribution in [2.75, 3.05) is 13.7 Å². The Morgan fingerprint density at radius 2 is 0.787 bits per heavy atom. The van der Waals surface area contributed by atoms with E-state index < -0.39 is 52.7 Å². The molecule has 0 aliphatic rings. The number of aromatic nitrogens is 2. The minimum absolute atomic E-state index is 0. The van der Waals surface area contributed by atoms with Gasteiger partial charge >= 0.3 is 66.2 Å². The predicted molar refractivity (Wildman–Crippen MR) is 311 cm³/mol. The van der Waals surface area contributed by atoms with E-state index in [2.05, 4.69) is 16.0 Å². The summed E-state index contributed by atoms with van der Waals surface area (Å²) in [7, 11) is 1.00. The summed E-state index contributed by atoms with van der Waals surface area (Å²) in [6.07, 6.45) is -17.1. The minimum atomic E-state index is -5.94. The zero-order valence-electron chi connectivity index (χ0n) is 51.0. The third kappa shape index (κ3) is 18.2. The second-order valence-corrected chi connectivity index (χ2v) is 20.6. The van der Waals surface area contributed by atoms with Crippen molar-refractivity contribution in [1.29, 1.82) is 0 Å². The second kappa shape index (κ2) is 32.5. The number of aliphatic carboxylic acids is 1. The maximum Gasteiger partial charge on any atom is 1.00 e. The molecule has 0 aliphatic heterocycles. The fraction of sp³-hybridized carbons (Fsp3) is 0.385. The number of hydrogen-bond acceptors (Lipinski definition) is 9. The average Bonchev–Trinajstić information content (AvgIpc) is 1.29. The number of carboxylic acid groups (broad SMARTS) is 1. The van der Waals surface area contributed by atoms with Crippen LogP contribution in [0.25, 0.3) is 34.7 Å². The number of nitrogens with zero attached hydrogens (tertiary/aromatic N) is 2. The van der Waals surface area contributed by atoms with Gasteiger partial charge in [-0.05, 0) is 151 Å². The van der Waals surface area contributed by atoms with E-state index in [1.807, 2.05) is 84.0 Å². The summed E-state index contributed by atoms with van der Waals surface area (Å²) in [5.74, 6) is -1.27. The van der Waals surface area contributed by atoms with Gasteiger partial charge in [-0.3, -0.25) is 19.6 Å². The van der Waals surface area contributed by atoms with Gasteiger partial charge < -0.3 is 36.1 Å². The van der Waals surface area contributed by atoms with Gasteiger partial charge in [-0.25, -0.2) is 0 Å².